The Morgan fingerprint density at radius 2 is 1.63 bits per heavy atom. The molecule has 0 unspecified atom stereocenters. The lowest BCUT2D eigenvalue weighted by Gasteiger charge is -2.39. The lowest BCUT2D eigenvalue weighted by Crippen LogP contribution is -2.58. The van der Waals surface area contributed by atoms with E-state index in [4.69, 9.17) is 28.1 Å². The lowest BCUT2D eigenvalue weighted by atomic mass is 9.94. The van der Waals surface area contributed by atoms with Crippen molar-refractivity contribution in [2.45, 2.75) is 89.9 Å². The molecule has 4 rings (SSSR count). The molecule has 0 saturated carbocycles. The van der Waals surface area contributed by atoms with Gasteiger partial charge in [-0.15, -0.1) is 10.2 Å². The van der Waals surface area contributed by atoms with Crippen molar-refractivity contribution in [1.82, 2.24) is 15.5 Å². The van der Waals surface area contributed by atoms with E-state index in [1.807, 2.05) is 27.7 Å². The van der Waals surface area contributed by atoms with E-state index < -0.39 is 48.3 Å². The van der Waals surface area contributed by atoms with E-state index in [9.17, 15) is 4.79 Å². The second-order valence-electron chi connectivity index (χ2n) is 7.97. The number of hydrogen-bond acceptors (Lipinski definition) is 9. The number of aryl methyl sites for hydroxylation is 1. The van der Waals surface area contributed by atoms with Gasteiger partial charge in [-0.05, 0) is 27.7 Å². The molecule has 3 aliphatic heterocycles. The van der Waals surface area contributed by atoms with E-state index in [1.165, 1.54) is 6.92 Å². The molecule has 3 aliphatic rings. The van der Waals surface area contributed by atoms with Crippen LogP contribution in [0.3, 0.4) is 0 Å². The van der Waals surface area contributed by atoms with Crippen LogP contribution in [-0.2, 0) is 28.5 Å². The van der Waals surface area contributed by atoms with Crippen molar-refractivity contribution in [1.29, 1.82) is 0 Å². The number of carbonyl (C=O) groups excluding carboxylic acids is 1. The summed E-state index contributed by atoms with van der Waals surface area (Å²) in [5.74, 6) is -1.31. The van der Waals surface area contributed by atoms with E-state index in [1.54, 1.807) is 6.92 Å². The molecule has 3 fully saturated rings. The highest BCUT2D eigenvalue weighted by Crippen LogP contribution is 2.46. The smallest absolute Gasteiger partial charge is 0.241 e. The topological polar surface area (TPSA) is 114 Å². The first-order valence-electron chi connectivity index (χ1n) is 8.98. The van der Waals surface area contributed by atoms with Gasteiger partial charge in [-0.2, -0.15) is 0 Å². The summed E-state index contributed by atoms with van der Waals surface area (Å²) in [5, 5.41) is 10.7. The van der Waals surface area contributed by atoms with Crippen molar-refractivity contribution in [2.75, 3.05) is 0 Å². The second kappa shape index (κ2) is 6.21. The summed E-state index contributed by atoms with van der Waals surface area (Å²) in [6.07, 6.45) is -2.76. The number of nitrogens with one attached hydrogen (secondary N) is 1. The van der Waals surface area contributed by atoms with E-state index >= 15 is 0 Å². The predicted octanol–water partition coefficient (Wildman–Crippen LogP) is 0.952. The molecule has 0 radical (unpaired) electrons. The van der Waals surface area contributed by atoms with Crippen LogP contribution in [0.2, 0.25) is 0 Å². The van der Waals surface area contributed by atoms with Crippen LogP contribution in [0.25, 0.3) is 0 Å². The molecule has 10 nitrogen and oxygen atoms in total. The molecule has 6 atom stereocenters. The van der Waals surface area contributed by atoms with E-state index in [-0.39, 0.29) is 11.8 Å². The fraction of sp³-hybridized carbons (Fsp3) is 0.824. The molecule has 1 aromatic heterocycles. The predicted molar refractivity (Wildman–Crippen MR) is 88.1 cm³/mol. The molecule has 0 bridgehead atoms. The summed E-state index contributed by atoms with van der Waals surface area (Å²) in [6.45, 7) is 10.4. The summed E-state index contributed by atoms with van der Waals surface area (Å²) in [7, 11) is 0. The minimum absolute atomic E-state index is 0.233. The van der Waals surface area contributed by atoms with Crippen molar-refractivity contribution < 1.29 is 32.9 Å². The molecule has 0 spiro atoms. The zero-order chi connectivity index (χ0) is 19.6. The Balaban J connectivity index is 1.70. The molecular formula is C17H25N3O7. The number of hydrogen-bond donors (Lipinski definition) is 1. The maximum absolute atomic E-state index is 11.8. The van der Waals surface area contributed by atoms with Gasteiger partial charge in [0.05, 0.1) is 0 Å². The molecule has 1 N–H and O–H groups in total. The Labute approximate surface area is 156 Å². The van der Waals surface area contributed by atoms with Crippen LogP contribution in [-0.4, -0.2) is 58.4 Å². The van der Waals surface area contributed by atoms with Gasteiger partial charge in [0.25, 0.3) is 0 Å². The van der Waals surface area contributed by atoms with Gasteiger partial charge in [0.1, 0.15) is 30.5 Å². The highest BCUT2D eigenvalue weighted by atomic mass is 16.9. The van der Waals surface area contributed by atoms with Gasteiger partial charge in [0.15, 0.2) is 17.9 Å². The maximum atomic E-state index is 11.8. The highest BCUT2D eigenvalue weighted by molar-refractivity contribution is 5.73. The normalized spacial score (nSPS) is 37.5. The summed E-state index contributed by atoms with van der Waals surface area (Å²) < 4.78 is 35.8. The number of rotatable bonds is 3. The largest absolute Gasteiger partial charge is 0.423 e. The fourth-order valence-electron chi connectivity index (χ4n) is 3.85. The van der Waals surface area contributed by atoms with Crippen molar-refractivity contribution in [3.8, 4) is 0 Å². The van der Waals surface area contributed by atoms with Gasteiger partial charge in [0.2, 0.25) is 17.7 Å². The van der Waals surface area contributed by atoms with Crippen LogP contribution in [0.4, 0.5) is 0 Å². The van der Waals surface area contributed by atoms with E-state index in [0.29, 0.717) is 5.89 Å². The quantitative estimate of drug-likeness (QED) is 0.815. The molecule has 1 aromatic rings. The van der Waals surface area contributed by atoms with Gasteiger partial charge in [-0.1, -0.05) is 0 Å². The average molecular weight is 383 g/mol. The molecule has 150 valence electrons. The monoisotopic (exact) mass is 383 g/mol. The number of nitrogens with zero attached hydrogens (tertiary/aromatic N) is 2. The Morgan fingerprint density at radius 3 is 2.26 bits per heavy atom. The average Bonchev–Trinajstić information content (AvgIpc) is 3.17. The summed E-state index contributed by atoms with van der Waals surface area (Å²) >= 11 is 0. The van der Waals surface area contributed by atoms with Crippen molar-refractivity contribution in [2.24, 2.45) is 0 Å². The van der Waals surface area contributed by atoms with Crippen LogP contribution in [0.5, 0.6) is 0 Å². The van der Waals surface area contributed by atoms with Crippen molar-refractivity contribution in [3.63, 3.8) is 0 Å². The van der Waals surface area contributed by atoms with Gasteiger partial charge < -0.3 is 33.4 Å². The maximum Gasteiger partial charge on any atom is 0.241 e. The third kappa shape index (κ3) is 3.47. The van der Waals surface area contributed by atoms with Crippen LogP contribution in [0, 0.1) is 6.92 Å². The van der Waals surface area contributed by atoms with Crippen LogP contribution in [0.15, 0.2) is 4.42 Å². The Kier molecular flexibility index (Phi) is 4.32. The third-order valence-electron chi connectivity index (χ3n) is 4.69. The molecule has 27 heavy (non-hydrogen) atoms. The van der Waals surface area contributed by atoms with Crippen molar-refractivity contribution >= 4 is 5.91 Å². The molecular weight excluding hydrogens is 358 g/mol. The van der Waals surface area contributed by atoms with E-state index in [0.717, 1.165) is 0 Å². The summed E-state index contributed by atoms with van der Waals surface area (Å²) in [4.78, 5) is 11.8. The van der Waals surface area contributed by atoms with E-state index in [2.05, 4.69) is 15.5 Å². The highest BCUT2D eigenvalue weighted by Gasteiger charge is 2.62. The molecule has 1 amide bonds. The number of ether oxygens (including phenoxy) is 5. The molecule has 3 saturated heterocycles. The zero-order valence-corrected chi connectivity index (χ0v) is 16.2. The van der Waals surface area contributed by atoms with Gasteiger partial charge in [-0.25, -0.2) is 0 Å². The number of aromatic nitrogens is 2. The first kappa shape index (κ1) is 18.8. The van der Waals surface area contributed by atoms with Gasteiger partial charge in [-0.3, -0.25) is 4.79 Å². The fourth-order valence-corrected chi connectivity index (χ4v) is 3.85. The molecule has 0 aromatic carbocycles. The van der Waals surface area contributed by atoms with Crippen LogP contribution in [0.1, 0.15) is 52.4 Å². The number of fused-ring (bicyclic) bond motifs is 3. The summed E-state index contributed by atoms with van der Waals surface area (Å²) in [5.41, 5.74) is 0. The number of carbonyl (C=O) groups is 1. The Bertz CT molecular complexity index is 734. The van der Waals surface area contributed by atoms with Gasteiger partial charge in [0, 0.05) is 13.8 Å². The molecule has 10 heteroatoms. The second-order valence-corrected chi connectivity index (χ2v) is 7.97. The minimum atomic E-state index is -0.840. The zero-order valence-electron chi connectivity index (χ0n) is 16.2. The SMILES string of the molecule is CC(=O)N[C@H](c1nnc(C)o1)[C@H]1O[C@@H]2OC(C)(C)O[C@@H]2[C@H]2OC(C)(C)O[C@H]21. The standard InChI is InChI=1S/C17H25N3O7/c1-7(21)18-9(14-20-19-8(2)22-14)10-11-12(25-16(3,4)24-11)13-15(23-10)27-17(5,6)26-13/h9-13,15H,1-6H3,(H,18,21)/t9-,10+,11-,12-,13+,15+/m0/s1. The Hall–Kier alpha value is -1.59. The summed E-state index contributed by atoms with van der Waals surface area (Å²) in [6, 6.07) is -0.720. The first-order valence-corrected chi connectivity index (χ1v) is 8.98. The molecule has 0 aliphatic carbocycles. The third-order valence-corrected chi connectivity index (χ3v) is 4.69. The van der Waals surface area contributed by atoms with Crippen LogP contribution >= 0.6 is 0 Å². The minimum Gasteiger partial charge on any atom is -0.423 e. The molecule has 4 heterocycles. The Morgan fingerprint density at radius 1 is 1.00 bits per heavy atom. The van der Waals surface area contributed by atoms with Crippen molar-refractivity contribution in [3.05, 3.63) is 11.8 Å². The van der Waals surface area contributed by atoms with Gasteiger partial charge >= 0.3 is 0 Å². The van der Waals surface area contributed by atoms with Crippen LogP contribution < -0.4 is 5.32 Å². The number of amides is 1. The first-order chi connectivity index (χ1) is 12.5. The lowest BCUT2D eigenvalue weighted by molar-refractivity contribution is -0.241.